The van der Waals surface area contributed by atoms with Crippen LogP contribution in [0.2, 0.25) is 0 Å². The Morgan fingerprint density at radius 1 is 1.35 bits per heavy atom. The molecule has 1 aromatic heterocycles. The lowest BCUT2D eigenvalue weighted by atomic mass is 9.98. The molecule has 1 aliphatic heterocycles. The van der Waals surface area contributed by atoms with Crippen molar-refractivity contribution in [2.24, 2.45) is 5.92 Å². The van der Waals surface area contributed by atoms with Gasteiger partial charge in [0, 0.05) is 32.0 Å². The van der Waals surface area contributed by atoms with E-state index in [1.807, 2.05) is 19.1 Å². The average molecular weight is 385 g/mol. The van der Waals surface area contributed by atoms with Crippen molar-refractivity contribution < 1.29 is 22.4 Å². The third-order valence-corrected chi connectivity index (χ3v) is 5.74. The molecule has 2 N–H and O–H groups in total. The van der Waals surface area contributed by atoms with Crippen molar-refractivity contribution in [2.75, 3.05) is 25.9 Å². The van der Waals surface area contributed by atoms with Gasteiger partial charge >= 0.3 is 0 Å². The number of aryl methyl sites for hydroxylation is 1. The average Bonchev–Trinajstić information content (AvgIpc) is 2.95. The van der Waals surface area contributed by atoms with Crippen molar-refractivity contribution >= 4 is 21.8 Å². The number of hydrogen-bond acceptors (Lipinski definition) is 5. The molecule has 1 atom stereocenters. The molecule has 0 saturated carbocycles. The van der Waals surface area contributed by atoms with Crippen LogP contribution in [-0.2, 0) is 26.2 Å². The summed E-state index contributed by atoms with van der Waals surface area (Å²) in [6.07, 6.45) is 2.92. The molecular formula is C17H27N3O5S. The highest BCUT2D eigenvalue weighted by Gasteiger charge is 2.23. The van der Waals surface area contributed by atoms with Gasteiger partial charge in [0.05, 0.1) is 12.8 Å². The molecular weight excluding hydrogens is 358 g/mol. The van der Waals surface area contributed by atoms with Gasteiger partial charge < -0.3 is 15.1 Å². The molecule has 8 nitrogen and oxygen atoms in total. The van der Waals surface area contributed by atoms with Gasteiger partial charge in [-0.1, -0.05) is 0 Å². The van der Waals surface area contributed by atoms with E-state index in [4.69, 9.17) is 4.42 Å². The van der Waals surface area contributed by atoms with Gasteiger partial charge in [-0.15, -0.1) is 0 Å². The molecule has 2 heterocycles. The molecule has 9 heteroatoms. The molecule has 0 radical (unpaired) electrons. The van der Waals surface area contributed by atoms with Crippen molar-refractivity contribution in [3.63, 3.8) is 0 Å². The van der Waals surface area contributed by atoms with E-state index in [0.717, 1.165) is 12.0 Å². The second-order valence-electron chi connectivity index (χ2n) is 6.62. The highest BCUT2D eigenvalue weighted by Crippen LogP contribution is 2.15. The molecule has 26 heavy (non-hydrogen) atoms. The highest BCUT2D eigenvalue weighted by atomic mass is 32.2. The van der Waals surface area contributed by atoms with Crippen LogP contribution in [-0.4, -0.2) is 50.4 Å². The van der Waals surface area contributed by atoms with Crippen LogP contribution in [0.4, 0.5) is 0 Å². The maximum Gasteiger partial charge on any atom is 0.223 e. The Hall–Kier alpha value is -1.87. The van der Waals surface area contributed by atoms with Crippen LogP contribution < -0.4 is 10.6 Å². The molecule has 1 aromatic rings. The lowest BCUT2D eigenvalue weighted by Gasteiger charge is -2.20. The van der Waals surface area contributed by atoms with E-state index in [1.165, 1.54) is 4.31 Å². The third-order valence-electron chi connectivity index (χ3n) is 4.44. The lowest BCUT2D eigenvalue weighted by molar-refractivity contribution is -0.126. The van der Waals surface area contributed by atoms with Crippen molar-refractivity contribution in [2.45, 2.75) is 39.2 Å². The molecule has 0 spiro atoms. The van der Waals surface area contributed by atoms with Crippen LogP contribution in [0.5, 0.6) is 0 Å². The molecule has 2 amide bonds. The number of hydrogen-bond donors (Lipinski definition) is 2. The number of furan rings is 1. The topological polar surface area (TPSA) is 109 Å². The third kappa shape index (κ3) is 6.45. The van der Waals surface area contributed by atoms with Crippen LogP contribution in [0.25, 0.3) is 0 Å². The van der Waals surface area contributed by atoms with Crippen LogP contribution >= 0.6 is 0 Å². The van der Waals surface area contributed by atoms with Gasteiger partial charge in [-0.05, 0) is 38.3 Å². The largest absolute Gasteiger partial charge is 0.465 e. The van der Waals surface area contributed by atoms with E-state index in [2.05, 4.69) is 10.6 Å². The van der Waals surface area contributed by atoms with E-state index >= 15 is 0 Å². The molecule has 0 aliphatic carbocycles. The molecule has 1 aliphatic rings. The Morgan fingerprint density at radius 2 is 2.12 bits per heavy atom. The SMILES string of the molecule is Cc1ccc(CNC(=O)C2CCCN(S(C)(=O)=O)CCC(=O)NCC2)o1. The zero-order valence-corrected chi connectivity index (χ0v) is 16.1. The fraction of sp³-hybridized carbons (Fsp3) is 0.647. The van der Waals surface area contributed by atoms with Gasteiger partial charge in [-0.2, -0.15) is 0 Å². The van der Waals surface area contributed by atoms with Crippen molar-refractivity contribution in [1.82, 2.24) is 14.9 Å². The Labute approximate surface area is 154 Å². The first-order valence-corrected chi connectivity index (χ1v) is 10.7. The summed E-state index contributed by atoms with van der Waals surface area (Å²) in [5, 5.41) is 5.61. The highest BCUT2D eigenvalue weighted by molar-refractivity contribution is 7.88. The molecule has 0 aromatic carbocycles. The summed E-state index contributed by atoms with van der Waals surface area (Å²) in [5.74, 6) is 0.868. The predicted molar refractivity (Wildman–Crippen MR) is 96.7 cm³/mol. The lowest BCUT2D eigenvalue weighted by Crippen LogP contribution is -2.35. The standard InChI is InChI=1S/C17H27N3O5S/c1-13-5-6-15(25-13)12-19-17(22)14-4-3-10-20(26(2,23)24)11-8-16(21)18-9-7-14/h5-6,14H,3-4,7-12H2,1-2H3,(H,18,21)(H,19,22). The second-order valence-corrected chi connectivity index (χ2v) is 8.60. The predicted octanol–water partition coefficient (Wildman–Crippen LogP) is 0.772. The first kappa shape index (κ1) is 20.4. The van der Waals surface area contributed by atoms with Gasteiger partial charge in [0.2, 0.25) is 21.8 Å². The van der Waals surface area contributed by atoms with Crippen LogP contribution in [0, 0.1) is 12.8 Å². The Bertz CT molecular complexity index is 729. The summed E-state index contributed by atoms with van der Waals surface area (Å²) in [7, 11) is -3.37. The van der Waals surface area contributed by atoms with Crippen LogP contribution in [0.1, 0.15) is 37.2 Å². The first-order valence-electron chi connectivity index (χ1n) is 8.80. The van der Waals surface area contributed by atoms with E-state index in [-0.39, 0.29) is 30.7 Å². The first-order chi connectivity index (χ1) is 12.3. The Balaban J connectivity index is 1.96. The summed E-state index contributed by atoms with van der Waals surface area (Å²) < 4.78 is 30.4. The van der Waals surface area contributed by atoms with E-state index in [1.54, 1.807) is 0 Å². The van der Waals surface area contributed by atoms with Gasteiger partial charge in [0.15, 0.2) is 0 Å². The molecule has 146 valence electrons. The fourth-order valence-electron chi connectivity index (χ4n) is 2.96. The zero-order valence-electron chi connectivity index (χ0n) is 15.3. The summed E-state index contributed by atoms with van der Waals surface area (Å²) in [5.41, 5.74) is 0. The maximum atomic E-state index is 12.5. The van der Waals surface area contributed by atoms with Gasteiger partial charge in [-0.3, -0.25) is 9.59 Å². The second kappa shape index (κ2) is 9.18. The van der Waals surface area contributed by atoms with Gasteiger partial charge in [0.1, 0.15) is 11.5 Å². The van der Waals surface area contributed by atoms with E-state index in [0.29, 0.717) is 44.7 Å². The fourth-order valence-corrected chi connectivity index (χ4v) is 3.85. The minimum Gasteiger partial charge on any atom is -0.465 e. The van der Waals surface area contributed by atoms with Crippen molar-refractivity contribution in [1.29, 1.82) is 0 Å². The number of nitrogens with zero attached hydrogens (tertiary/aromatic N) is 1. The minimum atomic E-state index is -3.37. The van der Waals surface area contributed by atoms with Crippen LogP contribution in [0.15, 0.2) is 16.5 Å². The number of carbonyl (C=O) groups is 2. The van der Waals surface area contributed by atoms with Crippen molar-refractivity contribution in [3.8, 4) is 0 Å². The zero-order chi connectivity index (χ0) is 19.2. The Kier molecular flexibility index (Phi) is 7.22. The van der Waals surface area contributed by atoms with Gasteiger partial charge in [0.25, 0.3) is 0 Å². The van der Waals surface area contributed by atoms with Gasteiger partial charge in [-0.25, -0.2) is 12.7 Å². The molecule has 0 bridgehead atoms. The Morgan fingerprint density at radius 3 is 2.77 bits per heavy atom. The molecule has 1 unspecified atom stereocenters. The summed E-state index contributed by atoms with van der Waals surface area (Å²) >= 11 is 0. The number of carbonyl (C=O) groups excluding carboxylic acids is 2. The quantitative estimate of drug-likeness (QED) is 0.796. The number of sulfonamides is 1. The summed E-state index contributed by atoms with van der Waals surface area (Å²) in [6.45, 7) is 3.03. The summed E-state index contributed by atoms with van der Waals surface area (Å²) in [6, 6.07) is 3.65. The van der Waals surface area contributed by atoms with Crippen LogP contribution in [0.3, 0.4) is 0 Å². The van der Waals surface area contributed by atoms with E-state index < -0.39 is 10.0 Å². The molecule has 1 fully saturated rings. The molecule has 2 rings (SSSR count). The monoisotopic (exact) mass is 385 g/mol. The van der Waals surface area contributed by atoms with E-state index in [9.17, 15) is 18.0 Å². The van der Waals surface area contributed by atoms with Crippen molar-refractivity contribution in [3.05, 3.63) is 23.7 Å². The number of amides is 2. The number of rotatable bonds is 4. The molecule has 1 saturated heterocycles. The number of nitrogens with one attached hydrogen (secondary N) is 2. The minimum absolute atomic E-state index is 0.113. The smallest absolute Gasteiger partial charge is 0.223 e. The maximum absolute atomic E-state index is 12.5. The summed E-state index contributed by atoms with van der Waals surface area (Å²) in [4.78, 5) is 24.3. The normalized spacial score (nSPS) is 20.8.